The summed E-state index contributed by atoms with van der Waals surface area (Å²) < 4.78 is 5.77. The van der Waals surface area contributed by atoms with E-state index in [2.05, 4.69) is 15.2 Å². The molecule has 100 valence electrons. The number of benzene rings is 1. The maximum absolute atomic E-state index is 5.77. The van der Waals surface area contributed by atoms with Crippen molar-refractivity contribution in [3.05, 3.63) is 24.3 Å². The molecule has 4 nitrogen and oxygen atoms in total. The van der Waals surface area contributed by atoms with E-state index < -0.39 is 0 Å². The second kappa shape index (κ2) is 4.53. The Bertz CT molecular complexity index is 547. The van der Waals surface area contributed by atoms with Crippen molar-refractivity contribution >= 4 is 17.1 Å². The summed E-state index contributed by atoms with van der Waals surface area (Å²) in [5.41, 5.74) is 1.80. The van der Waals surface area contributed by atoms with E-state index in [1.165, 1.54) is 38.8 Å². The van der Waals surface area contributed by atoms with Crippen LogP contribution in [-0.4, -0.2) is 35.1 Å². The number of anilines is 1. The molecule has 2 fully saturated rings. The topological polar surface area (TPSA) is 41.3 Å². The average molecular weight is 257 g/mol. The molecule has 0 aliphatic carbocycles. The molecule has 4 heteroatoms. The van der Waals surface area contributed by atoms with Gasteiger partial charge in [0.25, 0.3) is 6.01 Å². The van der Waals surface area contributed by atoms with Crippen LogP contribution in [0.3, 0.4) is 0 Å². The quantitative estimate of drug-likeness (QED) is 0.898. The minimum absolute atomic E-state index is 0.494. The van der Waals surface area contributed by atoms with Crippen molar-refractivity contribution in [1.29, 1.82) is 0 Å². The van der Waals surface area contributed by atoms with Gasteiger partial charge in [0.05, 0.1) is 0 Å². The number of para-hydroxylation sites is 2. The van der Waals surface area contributed by atoms with E-state index in [-0.39, 0.29) is 0 Å². The number of nitrogens with one attached hydrogen (secondary N) is 1. The fourth-order valence-electron chi connectivity index (χ4n) is 3.51. The summed E-state index contributed by atoms with van der Waals surface area (Å²) in [5, 5.41) is 3.51. The third-order valence-electron chi connectivity index (χ3n) is 4.46. The summed E-state index contributed by atoms with van der Waals surface area (Å²) in [6, 6.07) is 9.78. The van der Waals surface area contributed by atoms with Gasteiger partial charge in [-0.05, 0) is 37.9 Å². The molecule has 19 heavy (non-hydrogen) atoms. The number of nitrogens with zero attached hydrogens (tertiary/aromatic N) is 2. The number of rotatable bonds is 2. The largest absolute Gasteiger partial charge is 0.424 e. The van der Waals surface area contributed by atoms with E-state index >= 15 is 0 Å². The number of piperidine rings is 1. The first-order chi connectivity index (χ1) is 9.40. The Kier molecular flexibility index (Phi) is 2.69. The zero-order chi connectivity index (χ0) is 12.7. The summed E-state index contributed by atoms with van der Waals surface area (Å²) in [6.45, 7) is 2.47. The lowest BCUT2D eigenvalue weighted by Crippen LogP contribution is -2.41. The lowest BCUT2D eigenvalue weighted by Gasteiger charge is -2.32. The first kappa shape index (κ1) is 11.3. The Morgan fingerprint density at radius 2 is 2.11 bits per heavy atom. The third kappa shape index (κ3) is 2.00. The maximum atomic E-state index is 5.77. The Labute approximate surface area is 112 Å². The fraction of sp³-hybridized carbons (Fsp3) is 0.533. The number of hydrogen-bond donors (Lipinski definition) is 1. The first-order valence-corrected chi connectivity index (χ1v) is 7.26. The van der Waals surface area contributed by atoms with E-state index in [0.29, 0.717) is 18.1 Å². The minimum atomic E-state index is 0.494. The molecule has 0 unspecified atom stereocenters. The highest BCUT2D eigenvalue weighted by molar-refractivity contribution is 5.74. The van der Waals surface area contributed by atoms with Gasteiger partial charge in [-0.25, -0.2) is 0 Å². The summed E-state index contributed by atoms with van der Waals surface area (Å²) in [6.07, 6.45) is 5.21. The molecular weight excluding hydrogens is 238 g/mol. The van der Waals surface area contributed by atoms with E-state index in [0.717, 1.165) is 11.1 Å². The maximum Gasteiger partial charge on any atom is 0.295 e. The number of fused-ring (bicyclic) bond motifs is 2. The molecule has 3 heterocycles. The fourth-order valence-corrected chi connectivity index (χ4v) is 3.51. The minimum Gasteiger partial charge on any atom is -0.424 e. The second-order valence-corrected chi connectivity index (χ2v) is 5.63. The molecule has 0 amide bonds. The SMILES string of the molecule is c1ccc2oc(N[C@@H]3CCN4CCCC[C@H]34)nc2c1. The van der Waals surface area contributed by atoms with Crippen LogP contribution < -0.4 is 5.32 Å². The predicted molar refractivity (Wildman–Crippen MR) is 75.2 cm³/mol. The Hall–Kier alpha value is -1.55. The lowest BCUT2D eigenvalue weighted by atomic mass is 9.99. The highest BCUT2D eigenvalue weighted by Crippen LogP contribution is 2.29. The van der Waals surface area contributed by atoms with Crippen LogP contribution in [0.25, 0.3) is 11.1 Å². The molecule has 0 radical (unpaired) electrons. The van der Waals surface area contributed by atoms with Crippen molar-refractivity contribution < 1.29 is 4.42 Å². The second-order valence-electron chi connectivity index (χ2n) is 5.63. The molecular formula is C15H19N3O. The number of hydrogen-bond acceptors (Lipinski definition) is 4. The third-order valence-corrected chi connectivity index (χ3v) is 4.46. The molecule has 2 aliphatic rings. The van der Waals surface area contributed by atoms with Crippen LogP contribution >= 0.6 is 0 Å². The van der Waals surface area contributed by atoms with Crippen molar-refractivity contribution in [3.63, 3.8) is 0 Å². The van der Waals surface area contributed by atoms with Crippen molar-refractivity contribution in [3.8, 4) is 0 Å². The number of aromatic nitrogens is 1. The van der Waals surface area contributed by atoms with Crippen molar-refractivity contribution in [1.82, 2.24) is 9.88 Å². The van der Waals surface area contributed by atoms with Gasteiger partial charge >= 0.3 is 0 Å². The summed E-state index contributed by atoms with van der Waals surface area (Å²) >= 11 is 0. The molecule has 0 saturated carbocycles. The van der Waals surface area contributed by atoms with E-state index in [1.54, 1.807) is 0 Å². The van der Waals surface area contributed by atoms with Crippen LogP contribution in [0.4, 0.5) is 6.01 Å². The molecule has 2 aliphatic heterocycles. The average Bonchev–Trinajstić information content (AvgIpc) is 3.03. The van der Waals surface area contributed by atoms with Crippen LogP contribution in [0, 0.1) is 0 Å². The van der Waals surface area contributed by atoms with Crippen molar-refractivity contribution in [2.24, 2.45) is 0 Å². The van der Waals surface area contributed by atoms with Crippen molar-refractivity contribution in [2.75, 3.05) is 18.4 Å². The molecule has 2 aromatic rings. The zero-order valence-electron chi connectivity index (χ0n) is 11.0. The van der Waals surface area contributed by atoms with Gasteiger partial charge in [-0.3, -0.25) is 4.90 Å². The molecule has 2 saturated heterocycles. The molecule has 0 spiro atoms. The highest BCUT2D eigenvalue weighted by atomic mass is 16.4. The van der Waals surface area contributed by atoms with E-state index in [9.17, 15) is 0 Å². The predicted octanol–water partition coefficient (Wildman–Crippen LogP) is 2.87. The molecule has 4 rings (SSSR count). The van der Waals surface area contributed by atoms with E-state index in [1.807, 2.05) is 24.3 Å². The summed E-state index contributed by atoms with van der Waals surface area (Å²) in [7, 11) is 0. The lowest BCUT2D eigenvalue weighted by molar-refractivity contribution is 0.192. The Balaban J connectivity index is 1.54. The Morgan fingerprint density at radius 1 is 1.16 bits per heavy atom. The zero-order valence-corrected chi connectivity index (χ0v) is 11.0. The molecule has 1 aromatic carbocycles. The van der Waals surface area contributed by atoms with Gasteiger partial charge in [0.15, 0.2) is 5.58 Å². The normalized spacial score (nSPS) is 27.6. The van der Waals surface area contributed by atoms with Gasteiger partial charge in [0.2, 0.25) is 0 Å². The van der Waals surface area contributed by atoms with E-state index in [4.69, 9.17) is 4.42 Å². The molecule has 1 N–H and O–H groups in total. The first-order valence-electron chi connectivity index (χ1n) is 7.26. The Morgan fingerprint density at radius 3 is 3.05 bits per heavy atom. The number of oxazole rings is 1. The van der Waals surface area contributed by atoms with Crippen LogP contribution in [-0.2, 0) is 0 Å². The summed E-state index contributed by atoms with van der Waals surface area (Å²) in [5.74, 6) is 0. The van der Waals surface area contributed by atoms with Gasteiger partial charge in [0, 0.05) is 18.6 Å². The molecule has 1 aromatic heterocycles. The van der Waals surface area contributed by atoms with Crippen LogP contribution in [0.1, 0.15) is 25.7 Å². The van der Waals surface area contributed by atoms with Crippen molar-refractivity contribution in [2.45, 2.75) is 37.8 Å². The van der Waals surface area contributed by atoms with Crippen LogP contribution in [0.5, 0.6) is 0 Å². The van der Waals surface area contributed by atoms with Gasteiger partial charge < -0.3 is 9.73 Å². The summed E-state index contributed by atoms with van der Waals surface area (Å²) in [4.78, 5) is 7.13. The highest BCUT2D eigenvalue weighted by Gasteiger charge is 2.36. The van der Waals surface area contributed by atoms with Crippen LogP contribution in [0.15, 0.2) is 28.7 Å². The van der Waals surface area contributed by atoms with Crippen LogP contribution in [0.2, 0.25) is 0 Å². The van der Waals surface area contributed by atoms with Gasteiger partial charge in [-0.1, -0.05) is 18.6 Å². The van der Waals surface area contributed by atoms with Gasteiger partial charge in [-0.15, -0.1) is 0 Å². The smallest absolute Gasteiger partial charge is 0.295 e. The van der Waals surface area contributed by atoms with Gasteiger partial charge in [-0.2, -0.15) is 4.98 Å². The van der Waals surface area contributed by atoms with Gasteiger partial charge in [0.1, 0.15) is 5.52 Å². The molecule has 0 bridgehead atoms. The monoisotopic (exact) mass is 257 g/mol. The molecule has 2 atom stereocenters. The standard InChI is InChI=1S/C15H19N3O/c1-2-7-14-12(5-1)17-15(19-14)16-11-8-10-18-9-4-3-6-13(11)18/h1-2,5,7,11,13H,3-4,6,8-10H2,(H,16,17)/t11-,13-/m1/s1.